The van der Waals surface area contributed by atoms with Crippen molar-refractivity contribution in [3.05, 3.63) is 57.2 Å². The van der Waals surface area contributed by atoms with Gasteiger partial charge in [-0.15, -0.1) is 22.7 Å². The molecule has 1 aliphatic rings. The summed E-state index contributed by atoms with van der Waals surface area (Å²) in [6.45, 7) is 1.97. The summed E-state index contributed by atoms with van der Waals surface area (Å²) in [6, 6.07) is 0. The molecule has 0 spiro atoms. The van der Waals surface area contributed by atoms with Crippen molar-refractivity contribution in [1.29, 1.82) is 0 Å². The van der Waals surface area contributed by atoms with Crippen LogP contribution in [0.3, 0.4) is 0 Å². The monoisotopic (exact) mass is 387 g/mol. The number of ether oxygens (including phenoxy) is 1. The van der Waals surface area contributed by atoms with E-state index in [1.54, 1.807) is 11.6 Å². The van der Waals surface area contributed by atoms with E-state index in [1.807, 2.05) is 19.1 Å². The summed E-state index contributed by atoms with van der Waals surface area (Å²) in [5.74, 6) is -0.583. The van der Waals surface area contributed by atoms with Crippen LogP contribution >= 0.6 is 22.7 Å². The standard InChI is InChI=1S/C18H17N3O3S2/c1-11-6-4-3-5-7-12(8-19-11)15(22)17-21-13(10-25-17)16-20-9-14(26-16)18(23)24-2/h5-10,19H,3-4H2,1-2H3/b7-5?,11-6+,12-8?. The minimum absolute atomic E-state index is 0.149. The Kier molecular flexibility index (Phi) is 5.75. The number of thiazole rings is 2. The Morgan fingerprint density at radius 2 is 2.15 bits per heavy atom. The molecule has 0 fully saturated rings. The first-order valence-corrected chi connectivity index (χ1v) is 9.63. The summed E-state index contributed by atoms with van der Waals surface area (Å²) in [5, 5.41) is 5.86. The zero-order valence-electron chi connectivity index (χ0n) is 14.3. The molecule has 2 aromatic rings. The van der Waals surface area contributed by atoms with Crippen LogP contribution in [0.25, 0.3) is 10.7 Å². The summed E-state index contributed by atoms with van der Waals surface area (Å²) in [4.78, 5) is 33.3. The van der Waals surface area contributed by atoms with Crippen molar-refractivity contribution in [2.24, 2.45) is 0 Å². The predicted octanol–water partition coefficient (Wildman–Crippen LogP) is 3.96. The van der Waals surface area contributed by atoms with Gasteiger partial charge in [-0.1, -0.05) is 18.2 Å². The number of ketones is 1. The van der Waals surface area contributed by atoms with Gasteiger partial charge in [-0.25, -0.2) is 14.8 Å². The third kappa shape index (κ3) is 4.14. The van der Waals surface area contributed by atoms with Gasteiger partial charge in [0.1, 0.15) is 15.6 Å². The highest BCUT2D eigenvalue weighted by Gasteiger charge is 2.18. The van der Waals surface area contributed by atoms with Crippen molar-refractivity contribution in [1.82, 2.24) is 15.3 Å². The number of hydrogen-bond donors (Lipinski definition) is 1. The Balaban J connectivity index is 1.82. The average Bonchev–Trinajstić information content (AvgIpc) is 3.32. The molecule has 0 saturated heterocycles. The van der Waals surface area contributed by atoms with Gasteiger partial charge in [-0.3, -0.25) is 4.79 Å². The number of carbonyl (C=O) groups is 2. The molecule has 0 amide bonds. The van der Waals surface area contributed by atoms with Gasteiger partial charge in [0.25, 0.3) is 0 Å². The molecule has 0 aliphatic carbocycles. The molecule has 6 nitrogen and oxygen atoms in total. The van der Waals surface area contributed by atoms with Crippen LogP contribution in [-0.4, -0.2) is 28.8 Å². The smallest absolute Gasteiger partial charge is 0.349 e. The summed E-state index contributed by atoms with van der Waals surface area (Å²) in [5.41, 5.74) is 2.14. The van der Waals surface area contributed by atoms with Gasteiger partial charge in [0.15, 0.2) is 5.01 Å². The maximum Gasteiger partial charge on any atom is 0.349 e. The first kappa shape index (κ1) is 18.2. The predicted molar refractivity (Wildman–Crippen MR) is 102 cm³/mol. The minimum atomic E-state index is -0.435. The molecule has 0 radical (unpaired) electrons. The Morgan fingerprint density at radius 1 is 1.31 bits per heavy atom. The van der Waals surface area contributed by atoms with Crippen molar-refractivity contribution in [2.75, 3.05) is 7.11 Å². The molecule has 0 bridgehead atoms. The van der Waals surface area contributed by atoms with E-state index in [1.165, 1.54) is 36.0 Å². The Bertz CT molecular complexity index is 922. The van der Waals surface area contributed by atoms with Gasteiger partial charge in [0.2, 0.25) is 5.78 Å². The second-order valence-electron chi connectivity index (χ2n) is 5.50. The molecule has 3 heterocycles. The highest BCUT2D eigenvalue weighted by molar-refractivity contribution is 7.17. The van der Waals surface area contributed by atoms with Gasteiger partial charge >= 0.3 is 5.97 Å². The lowest BCUT2D eigenvalue weighted by Crippen LogP contribution is -2.08. The van der Waals surface area contributed by atoms with E-state index >= 15 is 0 Å². The van der Waals surface area contributed by atoms with Gasteiger partial charge in [-0.2, -0.15) is 0 Å². The third-order valence-electron chi connectivity index (χ3n) is 3.61. The van der Waals surface area contributed by atoms with Crippen molar-refractivity contribution in [3.63, 3.8) is 0 Å². The van der Waals surface area contributed by atoms with Crippen LogP contribution in [0.1, 0.15) is 39.2 Å². The number of nitrogens with one attached hydrogen (secondary N) is 1. The first-order chi connectivity index (χ1) is 12.6. The van der Waals surface area contributed by atoms with Crippen LogP contribution < -0.4 is 5.32 Å². The Labute approximate surface area is 158 Å². The highest BCUT2D eigenvalue weighted by atomic mass is 32.1. The van der Waals surface area contributed by atoms with Crippen LogP contribution in [0.4, 0.5) is 0 Å². The number of esters is 1. The van der Waals surface area contributed by atoms with Crippen LogP contribution in [-0.2, 0) is 4.74 Å². The second kappa shape index (κ2) is 8.20. The number of Topliss-reactive ketones (excluding diaryl/α,β-unsaturated/α-hetero) is 1. The molecule has 26 heavy (non-hydrogen) atoms. The fraction of sp³-hybridized carbons (Fsp3) is 0.222. The third-order valence-corrected chi connectivity index (χ3v) is 5.45. The van der Waals surface area contributed by atoms with Crippen LogP contribution in [0.5, 0.6) is 0 Å². The Hall–Kier alpha value is -2.58. The number of nitrogens with zero attached hydrogens (tertiary/aromatic N) is 2. The number of hydrogen-bond acceptors (Lipinski definition) is 8. The molecular weight excluding hydrogens is 370 g/mol. The lowest BCUT2D eigenvalue weighted by molar-refractivity contribution is 0.0606. The fourth-order valence-corrected chi connectivity index (χ4v) is 3.87. The maximum atomic E-state index is 12.8. The molecule has 0 saturated carbocycles. The molecule has 134 valence electrons. The van der Waals surface area contributed by atoms with Gasteiger partial charge in [-0.05, 0) is 19.8 Å². The van der Waals surface area contributed by atoms with E-state index in [9.17, 15) is 9.59 Å². The summed E-state index contributed by atoms with van der Waals surface area (Å²) in [7, 11) is 1.32. The van der Waals surface area contributed by atoms with E-state index in [-0.39, 0.29) is 5.78 Å². The fourth-order valence-electron chi connectivity index (χ4n) is 2.23. The van der Waals surface area contributed by atoms with Crippen molar-refractivity contribution >= 4 is 34.4 Å². The van der Waals surface area contributed by atoms with E-state index in [0.29, 0.717) is 26.2 Å². The number of methoxy groups -OCH3 is 1. The molecular formula is C18H17N3O3S2. The lowest BCUT2D eigenvalue weighted by Gasteiger charge is -2.02. The Morgan fingerprint density at radius 3 is 2.96 bits per heavy atom. The first-order valence-electron chi connectivity index (χ1n) is 7.93. The van der Waals surface area contributed by atoms with E-state index in [4.69, 9.17) is 0 Å². The zero-order valence-corrected chi connectivity index (χ0v) is 15.9. The largest absolute Gasteiger partial charge is 0.465 e. The summed E-state index contributed by atoms with van der Waals surface area (Å²) < 4.78 is 4.68. The van der Waals surface area contributed by atoms with Crippen molar-refractivity contribution < 1.29 is 14.3 Å². The topological polar surface area (TPSA) is 81.2 Å². The summed E-state index contributed by atoms with van der Waals surface area (Å²) in [6.07, 6.45) is 10.9. The van der Waals surface area contributed by atoms with Crippen molar-refractivity contribution in [3.8, 4) is 10.7 Å². The van der Waals surface area contributed by atoms with E-state index in [2.05, 4.69) is 26.1 Å². The van der Waals surface area contributed by atoms with Crippen LogP contribution in [0.15, 0.2) is 47.3 Å². The molecule has 0 atom stereocenters. The normalized spacial score (nSPS) is 16.4. The van der Waals surface area contributed by atoms with Crippen LogP contribution in [0, 0.1) is 0 Å². The van der Waals surface area contributed by atoms with Gasteiger partial charge in [0, 0.05) is 22.9 Å². The van der Waals surface area contributed by atoms with Crippen molar-refractivity contribution in [2.45, 2.75) is 19.8 Å². The van der Waals surface area contributed by atoms with Crippen LogP contribution in [0.2, 0.25) is 0 Å². The molecule has 2 aromatic heterocycles. The quantitative estimate of drug-likeness (QED) is 0.632. The van der Waals surface area contributed by atoms with E-state index in [0.717, 1.165) is 18.5 Å². The highest BCUT2D eigenvalue weighted by Crippen LogP contribution is 2.28. The number of carbonyl (C=O) groups excluding carboxylic acids is 2. The molecule has 1 aliphatic heterocycles. The number of rotatable bonds is 4. The zero-order chi connectivity index (χ0) is 18.5. The number of aromatic nitrogens is 2. The summed E-state index contributed by atoms with van der Waals surface area (Å²) >= 11 is 2.45. The van der Waals surface area contributed by atoms with Gasteiger partial charge in [0.05, 0.1) is 13.3 Å². The minimum Gasteiger partial charge on any atom is -0.465 e. The SMILES string of the molecule is COC(=O)c1cnc(-c2csc(C(=O)C3=CN/C(C)=C/CCC=C3)n2)s1. The molecule has 0 unspecified atom stereocenters. The second-order valence-corrected chi connectivity index (χ2v) is 7.39. The molecule has 1 N–H and O–H groups in total. The molecule has 8 heteroatoms. The molecule has 0 aromatic carbocycles. The van der Waals surface area contributed by atoms with Gasteiger partial charge < -0.3 is 10.1 Å². The average molecular weight is 387 g/mol. The lowest BCUT2D eigenvalue weighted by atomic mass is 10.1. The molecule has 3 rings (SSSR count). The number of allylic oxidation sites excluding steroid dienone is 5. The maximum absolute atomic E-state index is 12.8. The van der Waals surface area contributed by atoms with E-state index < -0.39 is 5.97 Å².